The minimum Gasteiger partial charge on any atom is -0.348 e. The van der Waals surface area contributed by atoms with Crippen LogP contribution in [0, 0.1) is 33.3 Å². The molecule has 0 spiro atoms. The summed E-state index contributed by atoms with van der Waals surface area (Å²) in [6.07, 6.45) is 9.23. The Morgan fingerprint density at radius 1 is 1.15 bits per heavy atom. The fourth-order valence-electron chi connectivity index (χ4n) is 6.69. The molecule has 1 aromatic heterocycles. The molecule has 8 nitrogen and oxygen atoms in total. The molecule has 4 fully saturated rings. The highest BCUT2D eigenvalue weighted by Crippen LogP contribution is 2.60. The Hall–Kier alpha value is -2.42. The maximum absolute atomic E-state index is 13.4. The normalized spacial score (nSPS) is 27.1. The molecule has 9 heteroatoms. The van der Waals surface area contributed by atoms with E-state index in [0.717, 1.165) is 72.9 Å². The first-order valence-electron chi connectivity index (χ1n) is 12.5. The second kappa shape index (κ2) is 9.68. The molecule has 1 aromatic carbocycles. The molecule has 6 rings (SSSR count). The van der Waals surface area contributed by atoms with Crippen molar-refractivity contribution in [2.24, 2.45) is 23.2 Å². The molecule has 0 unspecified atom stereocenters. The van der Waals surface area contributed by atoms with Crippen LogP contribution >= 0.6 is 11.8 Å². The predicted octanol–water partition coefficient (Wildman–Crippen LogP) is 5.11. The first-order chi connectivity index (χ1) is 16.5. The van der Waals surface area contributed by atoms with Gasteiger partial charge in [-0.2, -0.15) is 0 Å². The third-order valence-electron chi connectivity index (χ3n) is 7.97. The fourth-order valence-corrected chi connectivity index (χ4v) is 7.63. The standard InChI is InChI=1S/C25H33N5O3S/c1-2-3-8-29-22(27-28-24(29)34-16-17-4-6-21(7-5-17)30(32)33)15-26-23(31)25-12-18-9-19(13-25)11-20(10-18)14-25/h4-7,18-20H,2-3,8-16H2,1H3,(H,26,31). The lowest BCUT2D eigenvalue weighted by Crippen LogP contribution is -2.53. The lowest BCUT2D eigenvalue weighted by molar-refractivity contribution is -0.384. The molecular weight excluding hydrogens is 450 g/mol. The second-order valence-corrected chi connectivity index (χ2v) is 11.4. The van der Waals surface area contributed by atoms with Gasteiger partial charge in [0.25, 0.3) is 5.69 Å². The van der Waals surface area contributed by atoms with Crippen molar-refractivity contribution in [2.45, 2.75) is 82.3 Å². The first-order valence-corrected chi connectivity index (χ1v) is 13.5. The van der Waals surface area contributed by atoms with Crippen LogP contribution in [0.25, 0.3) is 0 Å². The molecule has 34 heavy (non-hydrogen) atoms. The number of carbonyl (C=O) groups excluding carboxylic acids is 1. The molecule has 4 aliphatic rings. The maximum atomic E-state index is 13.4. The van der Waals surface area contributed by atoms with Crippen LogP contribution in [-0.2, 0) is 23.6 Å². The van der Waals surface area contributed by atoms with Crippen molar-refractivity contribution in [3.05, 3.63) is 45.8 Å². The SMILES string of the molecule is CCCCn1c(CNC(=O)C23CC4CC(CC(C4)C2)C3)nnc1SCc1ccc([N+](=O)[O-])cc1. The Morgan fingerprint density at radius 2 is 1.79 bits per heavy atom. The van der Waals surface area contributed by atoms with E-state index < -0.39 is 0 Å². The van der Waals surface area contributed by atoms with E-state index in [1.54, 1.807) is 23.9 Å². The monoisotopic (exact) mass is 483 g/mol. The molecule has 0 saturated heterocycles. The van der Waals surface area contributed by atoms with Crippen molar-refractivity contribution in [3.63, 3.8) is 0 Å². The van der Waals surface area contributed by atoms with E-state index in [-0.39, 0.29) is 21.9 Å². The molecule has 0 radical (unpaired) electrons. The first kappa shape index (κ1) is 23.3. The Morgan fingerprint density at radius 3 is 2.38 bits per heavy atom. The van der Waals surface area contributed by atoms with Gasteiger partial charge in [-0.25, -0.2) is 0 Å². The summed E-state index contributed by atoms with van der Waals surface area (Å²) in [5, 5.41) is 23.8. The highest BCUT2D eigenvalue weighted by atomic mass is 32.2. The van der Waals surface area contributed by atoms with E-state index in [9.17, 15) is 14.9 Å². The third kappa shape index (κ3) is 4.72. The van der Waals surface area contributed by atoms with Gasteiger partial charge in [0.1, 0.15) is 0 Å². The number of aromatic nitrogens is 3. The van der Waals surface area contributed by atoms with E-state index in [1.807, 2.05) is 0 Å². The van der Waals surface area contributed by atoms with Crippen molar-refractivity contribution in [3.8, 4) is 0 Å². The highest BCUT2D eigenvalue weighted by Gasteiger charge is 2.54. The topological polar surface area (TPSA) is 103 Å². The van der Waals surface area contributed by atoms with Crippen molar-refractivity contribution >= 4 is 23.4 Å². The Labute approximate surface area is 204 Å². The van der Waals surface area contributed by atoms with Gasteiger partial charge < -0.3 is 9.88 Å². The molecule has 1 heterocycles. The average molecular weight is 484 g/mol. The van der Waals surface area contributed by atoms with Crippen LogP contribution < -0.4 is 5.32 Å². The molecule has 2 aromatic rings. The fraction of sp³-hybridized carbons (Fsp3) is 0.640. The smallest absolute Gasteiger partial charge is 0.269 e. The predicted molar refractivity (Wildman–Crippen MR) is 130 cm³/mol. The van der Waals surface area contributed by atoms with Crippen molar-refractivity contribution < 1.29 is 9.72 Å². The second-order valence-electron chi connectivity index (χ2n) is 10.5. The number of nitro benzene ring substituents is 1. The number of non-ortho nitro benzene ring substituents is 1. The van der Waals surface area contributed by atoms with Gasteiger partial charge in [0.15, 0.2) is 11.0 Å². The number of amides is 1. The van der Waals surface area contributed by atoms with Crippen LogP contribution in [0.2, 0.25) is 0 Å². The van der Waals surface area contributed by atoms with Gasteiger partial charge in [-0.15, -0.1) is 10.2 Å². The molecule has 4 saturated carbocycles. The van der Waals surface area contributed by atoms with Crippen molar-refractivity contribution in [1.82, 2.24) is 20.1 Å². The van der Waals surface area contributed by atoms with Gasteiger partial charge in [0.2, 0.25) is 5.91 Å². The number of thioether (sulfide) groups is 1. The summed E-state index contributed by atoms with van der Waals surface area (Å²) in [6, 6.07) is 6.63. The maximum Gasteiger partial charge on any atom is 0.269 e. The van der Waals surface area contributed by atoms with Gasteiger partial charge in [-0.1, -0.05) is 37.2 Å². The zero-order valence-electron chi connectivity index (χ0n) is 19.7. The summed E-state index contributed by atoms with van der Waals surface area (Å²) in [7, 11) is 0. The van der Waals surface area contributed by atoms with Crippen LogP contribution in [0.4, 0.5) is 5.69 Å². The quantitative estimate of drug-likeness (QED) is 0.286. The van der Waals surface area contributed by atoms with E-state index in [1.165, 1.54) is 31.4 Å². The molecule has 4 aliphatic carbocycles. The molecule has 0 atom stereocenters. The summed E-state index contributed by atoms with van der Waals surface area (Å²) in [5.41, 5.74) is 0.936. The molecule has 1 N–H and O–H groups in total. The largest absolute Gasteiger partial charge is 0.348 e. The molecule has 0 aliphatic heterocycles. The van der Waals surface area contributed by atoms with Gasteiger partial charge >= 0.3 is 0 Å². The molecule has 1 amide bonds. The van der Waals surface area contributed by atoms with Gasteiger partial charge in [0.05, 0.1) is 11.5 Å². The number of carbonyl (C=O) groups is 1. The zero-order chi connectivity index (χ0) is 23.7. The lowest BCUT2D eigenvalue weighted by atomic mass is 9.49. The van der Waals surface area contributed by atoms with E-state index >= 15 is 0 Å². The third-order valence-corrected chi connectivity index (χ3v) is 9.01. The Kier molecular flexibility index (Phi) is 6.64. The number of unbranched alkanes of at least 4 members (excludes halogenated alkanes) is 1. The summed E-state index contributed by atoms with van der Waals surface area (Å²) in [6.45, 7) is 3.38. The number of nitrogens with zero attached hydrogens (tertiary/aromatic N) is 4. The van der Waals surface area contributed by atoms with Crippen molar-refractivity contribution in [1.29, 1.82) is 0 Å². The van der Waals surface area contributed by atoms with E-state index in [4.69, 9.17) is 0 Å². The summed E-state index contributed by atoms with van der Waals surface area (Å²) < 4.78 is 2.12. The van der Waals surface area contributed by atoms with Crippen LogP contribution in [-0.4, -0.2) is 25.6 Å². The summed E-state index contributed by atoms with van der Waals surface area (Å²) in [4.78, 5) is 23.9. The van der Waals surface area contributed by atoms with Crippen LogP contribution in [0.5, 0.6) is 0 Å². The zero-order valence-corrected chi connectivity index (χ0v) is 20.6. The number of benzene rings is 1. The molecular formula is C25H33N5O3S. The van der Waals surface area contributed by atoms with E-state index in [0.29, 0.717) is 12.3 Å². The molecule has 4 bridgehead atoms. The summed E-state index contributed by atoms with van der Waals surface area (Å²) in [5.74, 6) is 3.91. The average Bonchev–Trinajstić information content (AvgIpc) is 3.20. The Balaban J connectivity index is 1.24. The van der Waals surface area contributed by atoms with Crippen LogP contribution in [0.3, 0.4) is 0 Å². The van der Waals surface area contributed by atoms with Crippen LogP contribution in [0.1, 0.15) is 69.7 Å². The number of nitrogens with one attached hydrogen (secondary N) is 1. The molecule has 182 valence electrons. The number of hydrogen-bond acceptors (Lipinski definition) is 6. The number of nitro groups is 1. The van der Waals surface area contributed by atoms with Gasteiger partial charge in [0, 0.05) is 29.8 Å². The van der Waals surface area contributed by atoms with Gasteiger partial charge in [-0.05, 0) is 68.3 Å². The summed E-state index contributed by atoms with van der Waals surface area (Å²) >= 11 is 1.57. The van der Waals surface area contributed by atoms with Crippen molar-refractivity contribution in [2.75, 3.05) is 0 Å². The Bertz CT molecular complexity index is 1020. The number of rotatable bonds is 10. The highest BCUT2D eigenvalue weighted by molar-refractivity contribution is 7.98. The number of hydrogen-bond donors (Lipinski definition) is 1. The lowest BCUT2D eigenvalue weighted by Gasteiger charge is -2.55. The minimum atomic E-state index is -0.387. The minimum absolute atomic E-state index is 0.0944. The van der Waals surface area contributed by atoms with E-state index in [2.05, 4.69) is 27.0 Å². The van der Waals surface area contributed by atoms with Crippen LogP contribution in [0.15, 0.2) is 29.4 Å². The van der Waals surface area contributed by atoms with Gasteiger partial charge in [-0.3, -0.25) is 14.9 Å².